The van der Waals surface area contributed by atoms with Crippen LogP contribution in [-0.4, -0.2) is 38.6 Å². The molecular formula is C7H12F3NO3. The van der Waals surface area contributed by atoms with Crippen LogP contribution in [0.1, 0.15) is 6.92 Å². The van der Waals surface area contributed by atoms with Crippen molar-refractivity contribution >= 4 is 6.09 Å². The second kappa shape index (κ2) is 5.69. The van der Waals surface area contributed by atoms with Crippen molar-refractivity contribution in [1.29, 1.82) is 0 Å². The van der Waals surface area contributed by atoms with Crippen molar-refractivity contribution < 1.29 is 27.4 Å². The van der Waals surface area contributed by atoms with E-state index in [2.05, 4.69) is 14.8 Å². The van der Waals surface area contributed by atoms with Gasteiger partial charge < -0.3 is 14.8 Å². The lowest BCUT2D eigenvalue weighted by Gasteiger charge is -2.13. The van der Waals surface area contributed by atoms with Gasteiger partial charge in [0, 0.05) is 7.11 Å². The lowest BCUT2D eigenvalue weighted by Crippen LogP contribution is -2.37. The number of rotatable bonds is 4. The Hall–Kier alpha value is -0.980. The molecular weight excluding hydrogens is 203 g/mol. The standard InChI is InChI=1S/C7H12F3NO3/c1-5(3-13-2)11-6(12)14-4-7(8,9)10/h5H,3-4H2,1-2H3,(H,11,12). The summed E-state index contributed by atoms with van der Waals surface area (Å²) in [5.41, 5.74) is 0. The second-order valence-corrected chi connectivity index (χ2v) is 2.69. The van der Waals surface area contributed by atoms with Crippen LogP contribution in [0, 0.1) is 0 Å². The number of amides is 1. The Morgan fingerprint density at radius 2 is 2.07 bits per heavy atom. The summed E-state index contributed by atoms with van der Waals surface area (Å²) in [6.45, 7) is 0.206. The Morgan fingerprint density at radius 1 is 1.50 bits per heavy atom. The molecule has 0 fully saturated rings. The van der Waals surface area contributed by atoms with Crippen molar-refractivity contribution in [2.75, 3.05) is 20.3 Å². The Morgan fingerprint density at radius 3 is 2.50 bits per heavy atom. The lowest BCUT2D eigenvalue weighted by atomic mass is 10.4. The maximum Gasteiger partial charge on any atom is 0.422 e. The zero-order chi connectivity index (χ0) is 11.2. The Labute approximate surface area is 79.4 Å². The molecule has 0 aliphatic heterocycles. The van der Waals surface area contributed by atoms with Gasteiger partial charge in [-0.15, -0.1) is 0 Å². The monoisotopic (exact) mass is 215 g/mol. The molecule has 1 amide bonds. The number of halogens is 3. The van der Waals surface area contributed by atoms with Crippen LogP contribution in [0.3, 0.4) is 0 Å². The van der Waals surface area contributed by atoms with Crippen molar-refractivity contribution in [3.8, 4) is 0 Å². The first-order valence-electron chi connectivity index (χ1n) is 3.84. The van der Waals surface area contributed by atoms with Crippen LogP contribution in [0.2, 0.25) is 0 Å². The number of methoxy groups -OCH3 is 1. The van der Waals surface area contributed by atoms with Gasteiger partial charge in [-0.05, 0) is 6.92 Å². The highest BCUT2D eigenvalue weighted by molar-refractivity contribution is 5.67. The normalized spacial score (nSPS) is 13.5. The van der Waals surface area contributed by atoms with Gasteiger partial charge in [0.05, 0.1) is 12.6 Å². The molecule has 0 rings (SSSR count). The van der Waals surface area contributed by atoms with Crippen molar-refractivity contribution in [1.82, 2.24) is 5.32 Å². The zero-order valence-electron chi connectivity index (χ0n) is 7.85. The van der Waals surface area contributed by atoms with Crippen molar-refractivity contribution in [3.05, 3.63) is 0 Å². The van der Waals surface area contributed by atoms with E-state index in [1.54, 1.807) is 6.92 Å². The van der Waals surface area contributed by atoms with E-state index in [0.717, 1.165) is 0 Å². The highest BCUT2D eigenvalue weighted by Crippen LogP contribution is 2.14. The summed E-state index contributed by atoms with van der Waals surface area (Å²) in [6.07, 6.45) is -5.60. The molecule has 4 nitrogen and oxygen atoms in total. The minimum Gasteiger partial charge on any atom is -0.440 e. The predicted octanol–water partition coefficient (Wildman–Crippen LogP) is 1.31. The highest BCUT2D eigenvalue weighted by atomic mass is 19.4. The van der Waals surface area contributed by atoms with Crippen LogP contribution < -0.4 is 5.32 Å². The van der Waals surface area contributed by atoms with Crippen LogP contribution in [0.25, 0.3) is 0 Å². The molecule has 0 spiro atoms. The molecule has 0 heterocycles. The topological polar surface area (TPSA) is 47.6 Å². The van der Waals surface area contributed by atoms with E-state index in [9.17, 15) is 18.0 Å². The third-order valence-electron chi connectivity index (χ3n) is 1.15. The molecule has 0 aliphatic rings. The Balaban J connectivity index is 3.65. The smallest absolute Gasteiger partial charge is 0.422 e. The van der Waals surface area contributed by atoms with E-state index in [0.29, 0.717) is 0 Å². The maximum absolute atomic E-state index is 11.6. The van der Waals surface area contributed by atoms with Crippen molar-refractivity contribution in [3.63, 3.8) is 0 Å². The molecule has 0 aromatic carbocycles. The lowest BCUT2D eigenvalue weighted by molar-refractivity contribution is -0.160. The first kappa shape index (κ1) is 13.0. The molecule has 0 bridgehead atoms. The molecule has 14 heavy (non-hydrogen) atoms. The quantitative estimate of drug-likeness (QED) is 0.769. The molecule has 0 saturated carbocycles. The molecule has 0 aliphatic carbocycles. The number of hydrogen-bond donors (Lipinski definition) is 1. The van der Waals surface area contributed by atoms with Crippen molar-refractivity contribution in [2.24, 2.45) is 0 Å². The van der Waals surface area contributed by atoms with Gasteiger partial charge in [0.2, 0.25) is 0 Å². The summed E-state index contributed by atoms with van der Waals surface area (Å²) in [7, 11) is 1.42. The van der Waals surface area contributed by atoms with Crippen LogP contribution in [-0.2, 0) is 9.47 Å². The molecule has 0 aromatic rings. The van der Waals surface area contributed by atoms with E-state index in [4.69, 9.17) is 0 Å². The number of nitrogens with one attached hydrogen (secondary N) is 1. The van der Waals surface area contributed by atoms with Gasteiger partial charge in [-0.2, -0.15) is 13.2 Å². The average molecular weight is 215 g/mol. The SMILES string of the molecule is COCC(C)NC(=O)OCC(F)(F)F. The third kappa shape index (κ3) is 7.66. The number of alkyl carbamates (subject to hydrolysis) is 1. The fourth-order valence-electron chi connectivity index (χ4n) is 0.682. The molecule has 84 valence electrons. The first-order chi connectivity index (χ1) is 6.35. The molecule has 1 N–H and O–H groups in total. The summed E-state index contributed by atoms with van der Waals surface area (Å²) < 4.78 is 43.3. The molecule has 0 saturated heterocycles. The fraction of sp³-hybridized carbons (Fsp3) is 0.857. The van der Waals surface area contributed by atoms with Gasteiger partial charge in [-0.25, -0.2) is 4.79 Å². The van der Waals surface area contributed by atoms with Crippen LogP contribution in [0.4, 0.5) is 18.0 Å². The minimum atomic E-state index is -4.50. The maximum atomic E-state index is 11.6. The van der Waals surface area contributed by atoms with E-state index in [1.807, 2.05) is 0 Å². The fourth-order valence-corrected chi connectivity index (χ4v) is 0.682. The number of carbonyl (C=O) groups is 1. The summed E-state index contributed by atoms with van der Waals surface area (Å²) >= 11 is 0. The number of alkyl halides is 3. The van der Waals surface area contributed by atoms with Gasteiger partial charge in [0.25, 0.3) is 0 Å². The number of carbonyl (C=O) groups excluding carboxylic acids is 1. The second-order valence-electron chi connectivity index (χ2n) is 2.69. The molecule has 7 heteroatoms. The van der Waals surface area contributed by atoms with Crippen LogP contribution in [0.5, 0.6) is 0 Å². The van der Waals surface area contributed by atoms with E-state index in [1.165, 1.54) is 7.11 Å². The van der Waals surface area contributed by atoms with Gasteiger partial charge in [-0.1, -0.05) is 0 Å². The van der Waals surface area contributed by atoms with E-state index < -0.39 is 18.9 Å². The summed E-state index contributed by atoms with van der Waals surface area (Å²) in [5, 5.41) is 2.17. The van der Waals surface area contributed by atoms with Gasteiger partial charge in [-0.3, -0.25) is 0 Å². The van der Waals surface area contributed by atoms with Crippen LogP contribution in [0.15, 0.2) is 0 Å². The van der Waals surface area contributed by atoms with Crippen molar-refractivity contribution in [2.45, 2.75) is 19.1 Å². The first-order valence-corrected chi connectivity index (χ1v) is 3.84. The van der Waals surface area contributed by atoms with E-state index >= 15 is 0 Å². The summed E-state index contributed by atoms with van der Waals surface area (Å²) in [6, 6.07) is -0.388. The minimum absolute atomic E-state index is 0.209. The zero-order valence-corrected chi connectivity index (χ0v) is 7.85. The number of ether oxygens (including phenoxy) is 2. The Kier molecular flexibility index (Phi) is 5.29. The summed E-state index contributed by atoms with van der Waals surface area (Å²) in [4.78, 5) is 10.7. The van der Waals surface area contributed by atoms with Gasteiger partial charge >= 0.3 is 12.3 Å². The Bertz CT molecular complexity index is 184. The largest absolute Gasteiger partial charge is 0.440 e. The predicted molar refractivity (Wildman–Crippen MR) is 41.9 cm³/mol. The van der Waals surface area contributed by atoms with Crippen LogP contribution >= 0.6 is 0 Å². The van der Waals surface area contributed by atoms with E-state index in [-0.39, 0.29) is 12.6 Å². The molecule has 1 unspecified atom stereocenters. The van der Waals surface area contributed by atoms with Gasteiger partial charge in [0.1, 0.15) is 0 Å². The highest BCUT2D eigenvalue weighted by Gasteiger charge is 2.29. The third-order valence-corrected chi connectivity index (χ3v) is 1.15. The average Bonchev–Trinajstić information content (AvgIpc) is 2.00. The molecule has 0 aromatic heterocycles. The van der Waals surface area contributed by atoms with Gasteiger partial charge in [0.15, 0.2) is 6.61 Å². The summed E-state index contributed by atoms with van der Waals surface area (Å²) in [5.74, 6) is 0. The molecule has 1 atom stereocenters. The number of hydrogen-bond acceptors (Lipinski definition) is 3. The molecule has 0 radical (unpaired) electrons.